The Kier molecular flexibility index (Phi) is 6.12. The number of nitrogens with zero attached hydrogens (tertiary/aromatic N) is 1. The minimum atomic E-state index is -1.02. The fraction of sp³-hybridized carbons (Fsp3) is 0.556. The molecule has 0 saturated carbocycles. The first-order chi connectivity index (χ1) is 6.97. The number of allylic oxidation sites excluding steroid dienone is 1. The van der Waals surface area contributed by atoms with Gasteiger partial charge in [-0.3, -0.25) is 9.79 Å². The molecule has 0 bridgehead atoms. The zero-order chi connectivity index (χ0) is 11.8. The maximum atomic E-state index is 10.5. The van der Waals surface area contributed by atoms with Crippen LogP contribution >= 0.6 is 0 Å². The van der Waals surface area contributed by atoms with Crippen LogP contribution in [0.4, 0.5) is 0 Å². The number of carbonyl (C=O) groups is 1. The zero-order valence-corrected chi connectivity index (χ0v) is 8.60. The summed E-state index contributed by atoms with van der Waals surface area (Å²) in [4.78, 5) is 14.4. The third kappa shape index (κ3) is 6.50. The number of aliphatic carboxylic acids is 1. The molecule has 0 amide bonds. The molecule has 0 radical (unpaired) electrons. The first-order valence-electron chi connectivity index (χ1n) is 4.62. The van der Waals surface area contributed by atoms with E-state index in [0.717, 1.165) is 0 Å². The Morgan fingerprint density at radius 3 is 2.53 bits per heavy atom. The van der Waals surface area contributed by atoms with Gasteiger partial charge in [0.1, 0.15) is 6.04 Å². The molecule has 0 aliphatic carbocycles. The lowest BCUT2D eigenvalue weighted by Crippen LogP contribution is -2.33. The number of rotatable bonds is 7. The second kappa shape index (κ2) is 6.83. The summed E-state index contributed by atoms with van der Waals surface area (Å²) in [5.74, 6) is -1.02. The van der Waals surface area contributed by atoms with Crippen molar-refractivity contribution in [2.45, 2.75) is 18.9 Å². The SMILES string of the molecule is C=CCC(CN=C(N)N)C[C@H](N)C(=O)O. The maximum absolute atomic E-state index is 10.5. The van der Waals surface area contributed by atoms with Crippen molar-refractivity contribution >= 4 is 11.9 Å². The van der Waals surface area contributed by atoms with E-state index in [-0.39, 0.29) is 11.9 Å². The summed E-state index contributed by atoms with van der Waals surface area (Å²) in [6.45, 7) is 3.95. The van der Waals surface area contributed by atoms with Gasteiger partial charge in [-0.2, -0.15) is 0 Å². The number of hydrogen-bond acceptors (Lipinski definition) is 3. The first-order valence-corrected chi connectivity index (χ1v) is 4.62. The zero-order valence-electron chi connectivity index (χ0n) is 8.60. The van der Waals surface area contributed by atoms with Crippen LogP contribution in [0.5, 0.6) is 0 Å². The number of aliphatic imine (C=N–C) groups is 1. The van der Waals surface area contributed by atoms with Crippen molar-refractivity contribution in [2.75, 3.05) is 6.54 Å². The lowest BCUT2D eigenvalue weighted by Gasteiger charge is -2.15. The molecular weight excluding hydrogens is 196 g/mol. The summed E-state index contributed by atoms with van der Waals surface area (Å²) in [5.41, 5.74) is 15.8. The predicted molar refractivity (Wildman–Crippen MR) is 59.2 cm³/mol. The highest BCUT2D eigenvalue weighted by Crippen LogP contribution is 2.11. The van der Waals surface area contributed by atoms with Gasteiger partial charge in [0.15, 0.2) is 5.96 Å². The average molecular weight is 214 g/mol. The Balaban J connectivity index is 4.20. The van der Waals surface area contributed by atoms with Crippen LogP contribution in [0.2, 0.25) is 0 Å². The van der Waals surface area contributed by atoms with Crippen molar-refractivity contribution < 1.29 is 9.90 Å². The minimum Gasteiger partial charge on any atom is -0.480 e. The molecule has 86 valence electrons. The van der Waals surface area contributed by atoms with Crippen LogP contribution in [0.25, 0.3) is 0 Å². The third-order valence-electron chi connectivity index (χ3n) is 1.94. The van der Waals surface area contributed by atoms with Crippen molar-refractivity contribution in [3.8, 4) is 0 Å². The summed E-state index contributed by atoms with van der Waals surface area (Å²) in [7, 11) is 0. The standard InChI is InChI=1S/C9H18N4O2/c1-2-3-6(5-13-9(11)12)4-7(10)8(14)15/h2,6-7H,1,3-5,10H2,(H,14,15)(H4,11,12,13)/t6?,7-/m0/s1. The van der Waals surface area contributed by atoms with Crippen molar-refractivity contribution in [1.29, 1.82) is 0 Å². The second-order valence-electron chi connectivity index (χ2n) is 3.34. The van der Waals surface area contributed by atoms with Gasteiger partial charge in [0.05, 0.1) is 0 Å². The molecule has 0 fully saturated rings. The van der Waals surface area contributed by atoms with Gasteiger partial charge in [0, 0.05) is 6.54 Å². The molecule has 2 atom stereocenters. The molecule has 0 rings (SSSR count). The van der Waals surface area contributed by atoms with E-state index in [4.69, 9.17) is 22.3 Å². The highest BCUT2D eigenvalue weighted by molar-refractivity contribution is 5.75. The Bertz CT molecular complexity index is 248. The van der Waals surface area contributed by atoms with E-state index in [9.17, 15) is 4.79 Å². The van der Waals surface area contributed by atoms with Gasteiger partial charge in [-0.25, -0.2) is 0 Å². The van der Waals surface area contributed by atoms with Gasteiger partial charge < -0.3 is 22.3 Å². The molecular formula is C9H18N4O2. The molecule has 15 heavy (non-hydrogen) atoms. The van der Waals surface area contributed by atoms with E-state index in [2.05, 4.69) is 11.6 Å². The van der Waals surface area contributed by atoms with Crippen molar-refractivity contribution in [3.63, 3.8) is 0 Å². The van der Waals surface area contributed by atoms with Gasteiger partial charge in [0.25, 0.3) is 0 Å². The second-order valence-corrected chi connectivity index (χ2v) is 3.34. The van der Waals surface area contributed by atoms with E-state index in [1.54, 1.807) is 6.08 Å². The van der Waals surface area contributed by atoms with E-state index in [0.29, 0.717) is 19.4 Å². The van der Waals surface area contributed by atoms with Gasteiger partial charge in [-0.15, -0.1) is 6.58 Å². The van der Waals surface area contributed by atoms with E-state index in [1.807, 2.05) is 0 Å². The largest absolute Gasteiger partial charge is 0.480 e. The average Bonchev–Trinajstić information content (AvgIpc) is 2.14. The molecule has 0 aromatic heterocycles. The molecule has 0 aliphatic rings. The van der Waals surface area contributed by atoms with E-state index in [1.165, 1.54) is 0 Å². The predicted octanol–water partition coefficient (Wildman–Crippen LogP) is -0.746. The number of carboxylic acid groups (broad SMARTS) is 1. The fourth-order valence-corrected chi connectivity index (χ4v) is 1.18. The lowest BCUT2D eigenvalue weighted by atomic mass is 9.97. The van der Waals surface area contributed by atoms with Gasteiger partial charge in [-0.05, 0) is 18.8 Å². The van der Waals surface area contributed by atoms with E-state index >= 15 is 0 Å². The van der Waals surface area contributed by atoms with Crippen molar-refractivity contribution in [1.82, 2.24) is 0 Å². The molecule has 0 aromatic carbocycles. The number of hydrogen-bond donors (Lipinski definition) is 4. The lowest BCUT2D eigenvalue weighted by molar-refractivity contribution is -0.138. The molecule has 0 saturated heterocycles. The fourth-order valence-electron chi connectivity index (χ4n) is 1.18. The molecule has 0 aromatic rings. The Morgan fingerprint density at radius 1 is 1.53 bits per heavy atom. The Labute approximate surface area is 88.8 Å². The number of carboxylic acids is 1. The van der Waals surface area contributed by atoms with Gasteiger partial charge >= 0.3 is 5.97 Å². The van der Waals surface area contributed by atoms with Gasteiger partial charge in [-0.1, -0.05) is 6.08 Å². The molecule has 0 heterocycles. The molecule has 0 spiro atoms. The summed E-state index contributed by atoms with van der Waals surface area (Å²) < 4.78 is 0. The van der Waals surface area contributed by atoms with E-state index < -0.39 is 12.0 Å². The topological polar surface area (TPSA) is 128 Å². The molecule has 6 heteroatoms. The molecule has 1 unspecified atom stereocenters. The van der Waals surface area contributed by atoms with Crippen LogP contribution in [0.3, 0.4) is 0 Å². The monoisotopic (exact) mass is 214 g/mol. The number of nitrogens with two attached hydrogens (primary N) is 3. The van der Waals surface area contributed by atoms with Gasteiger partial charge in [0.2, 0.25) is 0 Å². The Hall–Kier alpha value is -1.56. The summed E-state index contributed by atoms with van der Waals surface area (Å²) in [5, 5.41) is 8.64. The van der Waals surface area contributed by atoms with Crippen LogP contribution in [-0.4, -0.2) is 29.6 Å². The summed E-state index contributed by atoms with van der Waals surface area (Å²) in [6, 6.07) is -0.885. The smallest absolute Gasteiger partial charge is 0.320 e. The van der Waals surface area contributed by atoms with Crippen LogP contribution in [-0.2, 0) is 4.79 Å². The van der Waals surface area contributed by atoms with Crippen molar-refractivity contribution in [3.05, 3.63) is 12.7 Å². The highest BCUT2D eigenvalue weighted by atomic mass is 16.4. The van der Waals surface area contributed by atoms with Crippen LogP contribution in [0.15, 0.2) is 17.6 Å². The third-order valence-corrected chi connectivity index (χ3v) is 1.94. The maximum Gasteiger partial charge on any atom is 0.320 e. The van der Waals surface area contributed by atoms with Crippen LogP contribution < -0.4 is 17.2 Å². The van der Waals surface area contributed by atoms with Crippen molar-refractivity contribution in [2.24, 2.45) is 28.1 Å². The quantitative estimate of drug-likeness (QED) is 0.252. The highest BCUT2D eigenvalue weighted by Gasteiger charge is 2.17. The number of guanidine groups is 1. The summed E-state index contributed by atoms with van der Waals surface area (Å²) >= 11 is 0. The summed E-state index contributed by atoms with van der Waals surface area (Å²) in [6.07, 6.45) is 2.66. The normalized spacial score (nSPS) is 13.9. The molecule has 7 N–H and O–H groups in total. The first kappa shape index (κ1) is 13.4. The minimum absolute atomic E-state index is 0.00652. The van der Waals surface area contributed by atoms with Crippen LogP contribution in [0.1, 0.15) is 12.8 Å². The molecule has 6 nitrogen and oxygen atoms in total. The van der Waals surface area contributed by atoms with Crippen LogP contribution in [0, 0.1) is 5.92 Å². The molecule has 0 aliphatic heterocycles. The Morgan fingerprint density at radius 2 is 2.13 bits per heavy atom.